The SMILES string of the molecule is O=C(C[NH+]1CCN(c2ccccc2F)CC1)Nc1ccc(Br)cc1. The van der Waals surface area contributed by atoms with Gasteiger partial charge in [0.15, 0.2) is 6.54 Å². The standard InChI is InChI=1S/C18H19BrFN3O/c19-14-5-7-15(8-6-14)21-18(24)13-22-9-11-23(12-10-22)17-4-2-1-3-16(17)20/h1-8H,9-13H2,(H,21,24)/p+1. The summed E-state index contributed by atoms with van der Waals surface area (Å²) in [4.78, 5) is 15.4. The molecule has 2 N–H and O–H groups in total. The third kappa shape index (κ3) is 4.33. The monoisotopic (exact) mass is 392 g/mol. The number of amides is 1. The lowest BCUT2D eigenvalue weighted by molar-refractivity contribution is -0.892. The molecule has 0 aliphatic carbocycles. The van der Waals surface area contributed by atoms with E-state index in [0.29, 0.717) is 12.2 Å². The van der Waals surface area contributed by atoms with Gasteiger partial charge in [0.05, 0.1) is 31.9 Å². The molecule has 1 fully saturated rings. The van der Waals surface area contributed by atoms with Gasteiger partial charge < -0.3 is 15.1 Å². The summed E-state index contributed by atoms with van der Waals surface area (Å²) in [6.45, 7) is 3.58. The molecule has 1 amide bonds. The Morgan fingerprint density at radius 2 is 1.79 bits per heavy atom. The Hall–Kier alpha value is -1.92. The lowest BCUT2D eigenvalue weighted by Crippen LogP contribution is -3.15. The fourth-order valence-corrected chi connectivity index (χ4v) is 3.18. The number of anilines is 2. The highest BCUT2D eigenvalue weighted by Crippen LogP contribution is 2.18. The van der Waals surface area contributed by atoms with Crippen LogP contribution in [0.4, 0.5) is 15.8 Å². The third-order valence-corrected chi connectivity index (χ3v) is 4.73. The summed E-state index contributed by atoms with van der Waals surface area (Å²) in [7, 11) is 0. The molecule has 3 rings (SSSR count). The van der Waals surface area contributed by atoms with Crippen LogP contribution >= 0.6 is 15.9 Å². The molecule has 0 radical (unpaired) electrons. The largest absolute Gasteiger partial charge is 0.358 e. The van der Waals surface area contributed by atoms with Gasteiger partial charge in [0.25, 0.3) is 5.91 Å². The smallest absolute Gasteiger partial charge is 0.279 e. The van der Waals surface area contributed by atoms with Crippen LogP contribution in [-0.4, -0.2) is 38.6 Å². The molecule has 4 nitrogen and oxygen atoms in total. The van der Waals surface area contributed by atoms with Crippen LogP contribution in [0.1, 0.15) is 0 Å². The molecular weight excluding hydrogens is 373 g/mol. The fourth-order valence-electron chi connectivity index (χ4n) is 2.91. The topological polar surface area (TPSA) is 36.8 Å². The summed E-state index contributed by atoms with van der Waals surface area (Å²) >= 11 is 3.37. The second kappa shape index (κ2) is 7.77. The van der Waals surface area contributed by atoms with Crippen LogP contribution in [0.15, 0.2) is 53.0 Å². The minimum absolute atomic E-state index is 0.00617. The lowest BCUT2D eigenvalue weighted by atomic mass is 10.2. The van der Waals surface area contributed by atoms with Crippen LogP contribution < -0.4 is 15.1 Å². The van der Waals surface area contributed by atoms with Crippen LogP contribution in [0.3, 0.4) is 0 Å². The number of nitrogens with one attached hydrogen (secondary N) is 2. The highest BCUT2D eigenvalue weighted by molar-refractivity contribution is 9.10. The van der Waals surface area contributed by atoms with E-state index in [0.717, 1.165) is 36.3 Å². The molecular formula is C18H20BrFN3O+. The molecule has 0 bridgehead atoms. The number of carbonyl (C=O) groups excluding carboxylic acids is 1. The second-order valence-electron chi connectivity index (χ2n) is 5.92. The summed E-state index contributed by atoms with van der Waals surface area (Å²) in [5.41, 5.74) is 1.45. The lowest BCUT2D eigenvalue weighted by Gasteiger charge is -2.33. The molecule has 0 spiro atoms. The van der Waals surface area contributed by atoms with Crippen LogP contribution in [0.25, 0.3) is 0 Å². The maximum Gasteiger partial charge on any atom is 0.279 e. The van der Waals surface area contributed by atoms with Crippen molar-refractivity contribution in [3.8, 4) is 0 Å². The van der Waals surface area contributed by atoms with E-state index in [1.54, 1.807) is 12.1 Å². The number of hydrogen-bond donors (Lipinski definition) is 2. The average Bonchev–Trinajstić information content (AvgIpc) is 2.58. The molecule has 0 aromatic heterocycles. The van der Waals surface area contributed by atoms with Gasteiger partial charge in [0, 0.05) is 10.2 Å². The maximum absolute atomic E-state index is 13.8. The predicted octanol–water partition coefficient (Wildman–Crippen LogP) is 1.93. The van der Waals surface area contributed by atoms with Gasteiger partial charge in [-0.15, -0.1) is 0 Å². The first-order chi connectivity index (χ1) is 11.6. The highest BCUT2D eigenvalue weighted by atomic mass is 79.9. The Bertz CT molecular complexity index is 700. The van der Waals surface area contributed by atoms with Gasteiger partial charge in [-0.25, -0.2) is 4.39 Å². The molecule has 0 unspecified atom stereocenters. The maximum atomic E-state index is 13.8. The van der Waals surface area contributed by atoms with E-state index in [4.69, 9.17) is 0 Å². The molecule has 0 atom stereocenters. The van der Waals surface area contributed by atoms with Gasteiger partial charge in [-0.1, -0.05) is 28.1 Å². The molecule has 126 valence electrons. The molecule has 1 heterocycles. The number of piperazine rings is 1. The van der Waals surface area contributed by atoms with Crippen LogP contribution in [0.5, 0.6) is 0 Å². The number of halogens is 2. The van der Waals surface area contributed by atoms with Crippen molar-refractivity contribution in [2.75, 3.05) is 42.9 Å². The van der Waals surface area contributed by atoms with Crippen molar-refractivity contribution in [2.45, 2.75) is 0 Å². The number of carbonyl (C=O) groups is 1. The van der Waals surface area contributed by atoms with Crippen molar-refractivity contribution in [3.05, 3.63) is 58.8 Å². The minimum atomic E-state index is -0.186. The number of hydrogen-bond acceptors (Lipinski definition) is 2. The van der Waals surface area contributed by atoms with Crippen LogP contribution in [-0.2, 0) is 4.79 Å². The van der Waals surface area contributed by atoms with Crippen molar-refractivity contribution >= 4 is 33.2 Å². The normalized spacial score (nSPS) is 15.3. The van der Waals surface area contributed by atoms with E-state index in [1.165, 1.54) is 11.0 Å². The molecule has 1 saturated heterocycles. The first-order valence-electron chi connectivity index (χ1n) is 8.00. The first kappa shape index (κ1) is 16.9. The van der Waals surface area contributed by atoms with Gasteiger partial charge in [0.1, 0.15) is 5.82 Å². The van der Waals surface area contributed by atoms with Gasteiger partial charge >= 0.3 is 0 Å². The van der Waals surface area contributed by atoms with Crippen LogP contribution in [0, 0.1) is 5.82 Å². The number of quaternary nitrogens is 1. The van der Waals surface area contributed by atoms with Crippen molar-refractivity contribution in [2.24, 2.45) is 0 Å². The zero-order chi connectivity index (χ0) is 16.9. The molecule has 2 aromatic rings. The van der Waals surface area contributed by atoms with E-state index >= 15 is 0 Å². The fraction of sp³-hybridized carbons (Fsp3) is 0.278. The summed E-state index contributed by atoms with van der Waals surface area (Å²) in [5.74, 6) is -0.180. The zero-order valence-corrected chi connectivity index (χ0v) is 14.9. The Labute approximate surface area is 149 Å². The summed E-state index contributed by atoms with van der Waals surface area (Å²) in [5, 5.41) is 2.91. The van der Waals surface area contributed by atoms with E-state index in [-0.39, 0.29) is 11.7 Å². The summed E-state index contributed by atoms with van der Waals surface area (Å²) in [6.07, 6.45) is 0. The Morgan fingerprint density at radius 3 is 2.46 bits per heavy atom. The predicted molar refractivity (Wildman–Crippen MR) is 96.9 cm³/mol. The highest BCUT2D eigenvalue weighted by Gasteiger charge is 2.23. The number of para-hydroxylation sites is 1. The van der Waals surface area contributed by atoms with Crippen molar-refractivity contribution in [1.29, 1.82) is 0 Å². The second-order valence-corrected chi connectivity index (χ2v) is 6.84. The molecule has 6 heteroatoms. The number of nitrogens with zero attached hydrogens (tertiary/aromatic N) is 1. The van der Waals surface area contributed by atoms with Gasteiger partial charge in [-0.05, 0) is 36.4 Å². The summed E-state index contributed by atoms with van der Waals surface area (Å²) < 4.78 is 14.8. The van der Waals surface area contributed by atoms with Crippen molar-refractivity contribution < 1.29 is 14.1 Å². The zero-order valence-electron chi connectivity index (χ0n) is 13.3. The molecule has 0 saturated carbocycles. The first-order valence-corrected chi connectivity index (χ1v) is 8.79. The Morgan fingerprint density at radius 1 is 1.12 bits per heavy atom. The number of benzene rings is 2. The number of rotatable bonds is 4. The minimum Gasteiger partial charge on any atom is -0.358 e. The van der Waals surface area contributed by atoms with Gasteiger partial charge in [-0.2, -0.15) is 0 Å². The molecule has 1 aliphatic rings. The van der Waals surface area contributed by atoms with E-state index in [1.807, 2.05) is 35.2 Å². The summed E-state index contributed by atoms with van der Waals surface area (Å²) in [6, 6.07) is 14.4. The van der Waals surface area contributed by atoms with Crippen LogP contribution in [0.2, 0.25) is 0 Å². The van der Waals surface area contributed by atoms with Crippen molar-refractivity contribution in [3.63, 3.8) is 0 Å². The van der Waals surface area contributed by atoms with E-state index in [9.17, 15) is 9.18 Å². The third-order valence-electron chi connectivity index (χ3n) is 4.20. The molecule has 1 aliphatic heterocycles. The Balaban J connectivity index is 1.49. The average molecular weight is 393 g/mol. The Kier molecular flexibility index (Phi) is 5.48. The van der Waals surface area contributed by atoms with E-state index < -0.39 is 0 Å². The molecule has 2 aromatic carbocycles. The quantitative estimate of drug-likeness (QED) is 0.833. The van der Waals surface area contributed by atoms with Crippen molar-refractivity contribution in [1.82, 2.24) is 0 Å². The van der Waals surface area contributed by atoms with Gasteiger partial charge in [0.2, 0.25) is 0 Å². The van der Waals surface area contributed by atoms with Gasteiger partial charge in [-0.3, -0.25) is 4.79 Å². The molecule has 24 heavy (non-hydrogen) atoms. The van der Waals surface area contributed by atoms with E-state index in [2.05, 4.69) is 21.2 Å².